The lowest BCUT2D eigenvalue weighted by atomic mass is 10.0. The standard InChI is InChI=1S/C10H13N.C8H11N3.2C2H6/c1-11-7-6-9-4-2-3-5-10(9)8-11;1-11-3-2-8-7(5-11)4-9-6-10-8;2*1-2/h2-5H,6-8H2,1H3;4,6H,2-3,5H2,1H3;2*1-2H3. The molecule has 3 heterocycles. The quantitative estimate of drug-likeness (QED) is 0.708. The molecule has 0 unspecified atom stereocenters. The molecule has 0 saturated carbocycles. The summed E-state index contributed by atoms with van der Waals surface area (Å²) in [5.74, 6) is 0. The van der Waals surface area contributed by atoms with Gasteiger partial charge in [0.2, 0.25) is 0 Å². The summed E-state index contributed by atoms with van der Waals surface area (Å²) in [7, 11) is 4.30. The minimum absolute atomic E-state index is 0.996. The van der Waals surface area contributed by atoms with Crippen molar-refractivity contribution in [2.45, 2.75) is 53.6 Å². The average Bonchev–Trinajstić information content (AvgIpc) is 2.71. The Morgan fingerprint density at radius 3 is 2.04 bits per heavy atom. The van der Waals surface area contributed by atoms with Gasteiger partial charge in [-0.3, -0.25) is 0 Å². The summed E-state index contributed by atoms with van der Waals surface area (Å²) in [6.45, 7) is 12.4. The largest absolute Gasteiger partial charge is 0.302 e. The molecule has 1 aromatic carbocycles. The summed E-state index contributed by atoms with van der Waals surface area (Å²) in [5.41, 5.74) is 5.53. The van der Waals surface area contributed by atoms with Crippen molar-refractivity contribution in [3.8, 4) is 0 Å². The van der Waals surface area contributed by atoms with Crippen LogP contribution < -0.4 is 0 Å². The fourth-order valence-electron chi connectivity index (χ4n) is 3.04. The van der Waals surface area contributed by atoms with Crippen LogP contribution >= 0.6 is 0 Å². The Labute approximate surface area is 160 Å². The number of nitrogens with zero attached hydrogens (tertiary/aromatic N) is 4. The van der Waals surface area contributed by atoms with Crippen LogP contribution in [0.2, 0.25) is 0 Å². The van der Waals surface area contributed by atoms with Gasteiger partial charge < -0.3 is 9.80 Å². The molecular weight excluding hydrogens is 320 g/mol. The number of likely N-dealkylation sites (N-methyl/N-ethyl adjacent to an activating group) is 2. The van der Waals surface area contributed by atoms with E-state index in [0.717, 1.165) is 26.1 Å². The highest BCUT2D eigenvalue weighted by molar-refractivity contribution is 5.28. The summed E-state index contributed by atoms with van der Waals surface area (Å²) in [4.78, 5) is 12.9. The molecule has 4 rings (SSSR count). The van der Waals surface area contributed by atoms with Gasteiger partial charge in [0, 0.05) is 50.1 Å². The molecule has 0 bridgehead atoms. The zero-order valence-electron chi connectivity index (χ0n) is 17.5. The predicted octanol–water partition coefficient (Wildman–Crippen LogP) is 4.19. The van der Waals surface area contributed by atoms with Crippen molar-refractivity contribution < 1.29 is 0 Å². The first-order valence-corrected chi connectivity index (χ1v) is 9.94. The topological polar surface area (TPSA) is 32.3 Å². The Balaban J connectivity index is 0.000000219. The van der Waals surface area contributed by atoms with Crippen molar-refractivity contribution in [1.82, 2.24) is 19.8 Å². The molecule has 0 amide bonds. The monoisotopic (exact) mass is 356 g/mol. The van der Waals surface area contributed by atoms with E-state index in [0.29, 0.717) is 0 Å². The molecule has 0 radical (unpaired) electrons. The third-order valence-corrected chi connectivity index (χ3v) is 4.37. The summed E-state index contributed by atoms with van der Waals surface area (Å²) in [6, 6.07) is 8.72. The number of benzene rings is 1. The molecule has 144 valence electrons. The number of hydrogen-bond donors (Lipinski definition) is 0. The van der Waals surface area contributed by atoms with Crippen LogP contribution in [0.15, 0.2) is 36.8 Å². The smallest absolute Gasteiger partial charge is 0.115 e. The first-order chi connectivity index (χ1) is 12.7. The highest BCUT2D eigenvalue weighted by atomic mass is 15.1. The lowest BCUT2D eigenvalue weighted by Gasteiger charge is -2.24. The molecular formula is C22H36N4. The maximum atomic E-state index is 4.22. The van der Waals surface area contributed by atoms with Crippen molar-refractivity contribution in [2.24, 2.45) is 0 Å². The van der Waals surface area contributed by atoms with Crippen LogP contribution in [0.3, 0.4) is 0 Å². The maximum Gasteiger partial charge on any atom is 0.115 e. The van der Waals surface area contributed by atoms with Crippen LogP contribution in [0.5, 0.6) is 0 Å². The number of fused-ring (bicyclic) bond motifs is 2. The van der Waals surface area contributed by atoms with Gasteiger partial charge in [0.05, 0.1) is 0 Å². The molecule has 2 aromatic rings. The molecule has 4 heteroatoms. The Morgan fingerprint density at radius 1 is 0.769 bits per heavy atom. The van der Waals surface area contributed by atoms with E-state index in [1.807, 2.05) is 33.9 Å². The van der Waals surface area contributed by atoms with Crippen LogP contribution in [-0.2, 0) is 25.9 Å². The van der Waals surface area contributed by atoms with Crippen LogP contribution in [0, 0.1) is 0 Å². The van der Waals surface area contributed by atoms with Crippen LogP contribution in [0.1, 0.15) is 50.1 Å². The molecule has 2 aliphatic rings. The molecule has 0 aliphatic carbocycles. The van der Waals surface area contributed by atoms with Gasteiger partial charge in [0.15, 0.2) is 0 Å². The van der Waals surface area contributed by atoms with Crippen molar-refractivity contribution in [2.75, 3.05) is 27.2 Å². The molecule has 0 N–H and O–H groups in total. The molecule has 26 heavy (non-hydrogen) atoms. The van der Waals surface area contributed by atoms with Gasteiger partial charge in [-0.15, -0.1) is 0 Å². The molecule has 0 saturated heterocycles. The molecule has 0 fully saturated rings. The van der Waals surface area contributed by atoms with E-state index in [2.05, 4.69) is 58.1 Å². The normalized spacial score (nSPS) is 15.6. The van der Waals surface area contributed by atoms with Gasteiger partial charge in [0.25, 0.3) is 0 Å². The molecule has 1 aromatic heterocycles. The van der Waals surface area contributed by atoms with Gasteiger partial charge in [-0.05, 0) is 31.6 Å². The Kier molecular flexibility index (Phi) is 10.7. The number of rotatable bonds is 0. The van der Waals surface area contributed by atoms with E-state index >= 15 is 0 Å². The van der Waals surface area contributed by atoms with Crippen molar-refractivity contribution in [3.05, 3.63) is 59.2 Å². The summed E-state index contributed by atoms with van der Waals surface area (Å²) in [5, 5.41) is 0. The third kappa shape index (κ3) is 6.85. The van der Waals surface area contributed by atoms with Gasteiger partial charge in [-0.1, -0.05) is 52.0 Å². The number of aromatic nitrogens is 2. The van der Waals surface area contributed by atoms with E-state index in [4.69, 9.17) is 0 Å². The van der Waals surface area contributed by atoms with E-state index in [1.54, 1.807) is 6.33 Å². The van der Waals surface area contributed by atoms with E-state index in [-0.39, 0.29) is 0 Å². The van der Waals surface area contributed by atoms with Crippen molar-refractivity contribution in [3.63, 3.8) is 0 Å². The maximum absolute atomic E-state index is 4.22. The summed E-state index contributed by atoms with van der Waals surface area (Å²) < 4.78 is 0. The highest BCUT2D eigenvalue weighted by Crippen LogP contribution is 2.16. The lowest BCUT2D eigenvalue weighted by molar-refractivity contribution is 0.309. The van der Waals surface area contributed by atoms with Crippen LogP contribution in [0.25, 0.3) is 0 Å². The zero-order valence-corrected chi connectivity index (χ0v) is 17.5. The molecule has 2 aliphatic heterocycles. The molecule has 0 spiro atoms. The van der Waals surface area contributed by atoms with Gasteiger partial charge >= 0.3 is 0 Å². The van der Waals surface area contributed by atoms with Gasteiger partial charge in [-0.25, -0.2) is 9.97 Å². The van der Waals surface area contributed by atoms with Crippen LogP contribution in [0.4, 0.5) is 0 Å². The predicted molar refractivity (Wildman–Crippen MR) is 111 cm³/mol. The van der Waals surface area contributed by atoms with Crippen molar-refractivity contribution >= 4 is 0 Å². The first kappa shape index (κ1) is 22.3. The molecule has 4 nitrogen and oxygen atoms in total. The Morgan fingerprint density at radius 2 is 1.35 bits per heavy atom. The van der Waals surface area contributed by atoms with E-state index < -0.39 is 0 Å². The Bertz CT molecular complexity index is 572. The van der Waals surface area contributed by atoms with Gasteiger partial charge in [0.1, 0.15) is 6.33 Å². The highest BCUT2D eigenvalue weighted by Gasteiger charge is 2.13. The summed E-state index contributed by atoms with van der Waals surface area (Å²) >= 11 is 0. The Hall–Kier alpha value is -1.78. The fraction of sp³-hybridized carbons (Fsp3) is 0.545. The van der Waals surface area contributed by atoms with Crippen molar-refractivity contribution in [1.29, 1.82) is 0 Å². The average molecular weight is 357 g/mol. The van der Waals surface area contributed by atoms with Gasteiger partial charge in [-0.2, -0.15) is 0 Å². The second-order valence-corrected chi connectivity index (χ2v) is 6.24. The zero-order chi connectivity index (χ0) is 19.4. The summed E-state index contributed by atoms with van der Waals surface area (Å²) in [6.07, 6.45) is 5.82. The first-order valence-electron chi connectivity index (χ1n) is 9.94. The van der Waals surface area contributed by atoms with E-state index in [9.17, 15) is 0 Å². The third-order valence-electron chi connectivity index (χ3n) is 4.37. The fourth-order valence-corrected chi connectivity index (χ4v) is 3.04. The lowest BCUT2D eigenvalue weighted by Crippen LogP contribution is -2.27. The van der Waals surface area contributed by atoms with E-state index in [1.165, 1.54) is 35.3 Å². The minimum atomic E-state index is 0.996. The second kappa shape index (κ2) is 12.6. The SMILES string of the molecule is CC.CC.CN1CCc2ccccc2C1.CN1CCc2ncncc2C1. The second-order valence-electron chi connectivity index (χ2n) is 6.24. The molecule has 0 atom stereocenters. The van der Waals surface area contributed by atoms with Crippen LogP contribution in [-0.4, -0.2) is 47.0 Å². The minimum Gasteiger partial charge on any atom is -0.302 e. The number of hydrogen-bond acceptors (Lipinski definition) is 4.